The number of halogens is 1. The lowest BCUT2D eigenvalue weighted by atomic mass is 10.1. The number of para-hydroxylation sites is 1. The number of aromatic nitrogens is 1. The molecule has 174 valence electrons. The van der Waals surface area contributed by atoms with E-state index in [9.17, 15) is 14.4 Å². The van der Waals surface area contributed by atoms with Crippen molar-refractivity contribution in [1.29, 1.82) is 0 Å². The summed E-state index contributed by atoms with van der Waals surface area (Å²) in [6.07, 6.45) is 1.55. The maximum Gasteiger partial charge on any atom is 0.338 e. The van der Waals surface area contributed by atoms with E-state index in [-0.39, 0.29) is 18.7 Å². The van der Waals surface area contributed by atoms with Crippen molar-refractivity contribution in [3.8, 4) is 5.69 Å². The fraction of sp³-hybridized carbons (Fsp3) is 0.192. The van der Waals surface area contributed by atoms with Gasteiger partial charge >= 0.3 is 6.03 Å². The molecule has 0 atom stereocenters. The molecule has 8 heteroatoms. The number of amides is 4. The summed E-state index contributed by atoms with van der Waals surface area (Å²) in [7, 11) is 1.49. The van der Waals surface area contributed by atoms with Gasteiger partial charge in [-0.2, -0.15) is 0 Å². The minimum atomic E-state index is -0.695. The summed E-state index contributed by atoms with van der Waals surface area (Å²) in [5, 5.41) is 0.605. The van der Waals surface area contributed by atoms with Gasteiger partial charge in [-0.15, -0.1) is 0 Å². The van der Waals surface area contributed by atoms with Gasteiger partial charge in [-0.1, -0.05) is 35.9 Å². The van der Waals surface area contributed by atoms with E-state index in [1.165, 1.54) is 7.11 Å². The molecule has 1 aliphatic rings. The average molecular weight is 478 g/mol. The molecule has 34 heavy (non-hydrogen) atoms. The van der Waals surface area contributed by atoms with Crippen LogP contribution in [0.3, 0.4) is 0 Å². The van der Waals surface area contributed by atoms with Crippen molar-refractivity contribution < 1.29 is 19.1 Å². The van der Waals surface area contributed by atoms with Gasteiger partial charge in [-0.3, -0.25) is 14.5 Å². The van der Waals surface area contributed by atoms with Gasteiger partial charge in [0.15, 0.2) is 0 Å². The van der Waals surface area contributed by atoms with Gasteiger partial charge in [-0.25, -0.2) is 9.69 Å². The van der Waals surface area contributed by atoms with Gasteiger partial charge < -0.3 is 9.30 Å². The molecule has 3 aromatic rings. The van der Waals surface area contributed by atoms with Crippen LogP contribution in [-0.4, -0.2) is 47.6 Å². The van der Waals surface area contributed by atoms with Crippen molar-refractivity contribution >= 4 is 41.2 Å². The highest BCUT2D eigenvalue weighted by atomic mass is 35.5. The quantitative estimate of drug-likeness (QED) is 0.378. The molecule has 0 aliphatic carbocycles. The Kier molecular flexibility index (Phi) is 6.68. The lowest BCUT2D eigenvalue weighted by Gasteiger charge is -2.33. The van der Waals surface area contributed by atoms with Crippen LogP contribution in [0.25, 0.3) is 11.8 Å². The maximum absolute atomic E-state index is 13.4. The SMILES string of the molecule is COCCN1C(=O)/C(=C/c2cc(C)n(-c3cccc(Cl)c3)c2C)C(=O)N(c2ccccc2)C1=O. The van der Waals surface area contributed by atoms with Gasteiger partial charge in [-0.05, 0) is 61.9 Å². The second-order valence-corrected chi connectivity index (χ2v) is 8.34. The lowest BCUT2D eigenvalue weighted by molar-refractivity contribution is -0.129. The van der Waals surface area contributed by atoms with Crippen LogP contribution >= 0.6 is 11.6 Å². The number of carbonyl (C=O) groups is 3. The van der Waals surface area contributed by atoms with E-state index in [1.807, 2.05) is 42.7 Å². The molecule has 4 amide bonds. The van der Waals surface area contributed by atoms with Gasteiger partial charge in [0.2, 0.25) is 0 Å². The van der Waals surface area contributed by atoms with Crippen LogP contribution in [0.4, 0.5) is 10.5 Å². The highest BCUT2D eigenvalue weighted by Gasteiger charge is 2.42. The second-order valence-electron chi connectivity index (χ2n) is 7.91. The number of anilines is 1. The van der Waals surface area contributed by atoms with Crippen molar-refractivity contribution in [3.63, 3.8) is 0 Å². The number of urea groups is 1. The first-order chi connectivity index (χ1) is 16.3. The molecule has 0 saturated carbocycles. The summed E-state index contributed by atoms with van der Waals surface area (Å²) in [6.45, 7) is 4.03. The van der Waals surface area contributed by atoms with Crippen LogP contribution < -0.4 is 4.90 Å². The number of rotatable bonds is 6. The summed E-state index contributed by atoms with van der Waals surface area (Å²) in [4.78, 5) is 41.9. The Hall–Kier alpha value is -3.68. The average Bonchev–Trinajstić information content (AvgIpc) is 3.10. The van der Waals surface area contributed by atoms with Crippen LogP contribution in [0, 0.1) is 13.8 Å². The molecule has 0 N–H and O–H groups in total. The topological polar surface area (TPSA) is 71.8 Å². The summed E-state index contributed by atoms with van der Waals surface area (Å²) in [5.41, 5.74) is 3.61. The number of nitrogens with zero attached hydrogens (tertiary/aromatic N) is 3. The molecule has 1 aliphatic heterocycles. The minimum Gasteiger partial charge on any atom is -0.383 e. The van der Waals surface area contributed by atoms with Gasteiger partial charge in [0.25, 0.3) is 11.8 Å². The molecule has 2 aromatic carbocycles. The number of barbiturate groups is 1. The van der Waals surface area contributed by atoms with Crippen LogP contribution in [0.15, 0.2) is 66.2 Å². The molecule has 4 rings (SSSR count). The van der Waals surface area contributed by atoms with Crippen molar-refractivity contribution in [2.45, 2.75) is 13.8 Å². The normalized spacial score (nSPS) is 15.5. The zero-order valence-corrected chi connectivity index (χ0v) is 19.9. The number of carbonyl (C=O) groups excluding carboxylic acids is 3. The van der Waals surface area contributed by atoms with E-state index in [4.69, 9.17) is 16.3 Å². The maximum atomic E-state index is 13.4. The van der Waals surface area contributed by atoms with E-state index in [0.29, 0.717) is 16.3 Å². The summed E-state index contributed by atoms with van der Waals surface area (Å²) < 4.78 is 7.08. The molecule has 1 aromatic heterocycles. The van der Waals surface area contributed by atoms with Crippen molar-refractivity contribution in [2.75, 3.05) is 25.2 Å². The highest BCUT2D eigenvalue weighted by molar-refractivity contribution is 6.39. The number of benzene rings is 2. The molecule has 1 fully saturated rings. The number of hydrogen-bond acceptors (Lipinski definition) is 4. The fourth-order valence-electron chi connectivity index (χ4n) is 4.06. The lowest BCUT2D eigenvalue weighted by Crippen LogP contribution is -2.57. The van der Waals surface area contributed by atoms with Crippen LogP contribution in [0.2, 0.25) is 5.02 Å². The van der Waals surface area contributed by atoms with Crippen LogP contribution in [0.1, 0.15) is 17.0 Å². The van der Waals surface area contributed by atoms with Crippen molar-refractivity contribution in [2.24, 2.45) is 0 Å². The minimum absolute atomic E-state index is 0.0314. The molecule has 0 unspecified atom stereocenters. The third-order valence-electron chi connectivity index (χ3n) is 5.70. The van der Waals surface area contributed by atoms with E-state index in [2.05, 4.69) is 0 Å². The standard InChI is InChI=1S/C26H24ClN3O4/c1-17-14-19(18(2)29(17)22-11-7-8-20(27)16-22)15-23-24(31)28(12-13-34-3)26(33)30(25(23)32)21-9-5-4-6-10-21/h4-11,14-16H,12-13H2,1-3H3/b23-15-. The third kappa shape index (κ3) is 4.27. The van der Waals surface area contributed by atoms with E-state index in [0.717, 1.165) is 26.9 Å². The highest BCUT2D eigenvalue weighted by Crippen LogP contribution is 2.29. The first-order valence-corrected chi connectivity index (χ1v) is 11.1. The van der Waals surface area contributed by atoms with Gasteiger partial charge in [0, 0.05) is 29.2 Å². The van der Waals surface area contributed by atoms with E-state index < -0.39 is 17.8 Å². The summed E-state index contributed by atoms with van der Waals surface area (Å²) >= 11 is 6.18. The Balaban J connectivity index is 1.81. The zero-order valence-electron chi connectivity index (χ0n) is 19.1. The number of methoxy groups -OCH3 is 1. The largest absolute Gasteiger partial charge is 0.383 e. The number of aryl methyl sites for hydroxylation is 1. The Bertz CT molecular complexity index is 1300. The fourth-order valence-corrected chi connectivity index (χ4v) is 4.25. The van der Waals surface area contributed by atoms with Crippen LogP contribution in [-0.2, 0) is 14.3 Å². The number of ether oxygens (including phenoxy) is 1. The predicted octanol–water partition coefficient (Wildman–Crippen LogP) is 4.77. The molecule has 7 nitrogen and oxygen atoms in total. The predicted molar refractivity (Wildman–Crippen MR) is 131 cm³/mol. The third-order valence-corrected chi connectivity index (χ3v) is 5.94. The molecular weight excluding hydrogens is 454 g/mol. The Morgan fingerprint density at radius 1 is 0.912 bits per heavy atom. The van der Waals surface area contributed by atoms with E-state index in [1.54, 1.807) is 42.5 Å². The smallest absolute Gasteiger partial charge is 0.338 e. The Labute approximate surface area is 202 Å². The molecule has 2 heterocycles. The number of hydrogen-bond donors (Lipinski definition) is 0. The number of imide groups is 2. The molecule has 0 radical (unpaired) electrons. The first-order valence-electron chi connectivity index (χ1n) is 10.7. The molecule has 0 spiro atoms. The molecule has 0 bridgehead atoms. The monoisotopic (exact) mass is 477 g/mol. The van der Waals surface area contributed by atoms with Crippen molar-refractivity contribution in [3.05, 3.63) is 88.2 Å². The Morgan fingerprint density at radius 3 is 2.29 bits per heavy atom. The van der Waals surface area contributed by atoms with Gasteiger partial charge in [0.1, 0.15) is 5.57 Å². The summed E-state index contributed by atoms with van der Waals surface area (Å²) in [6, 6.07) is 17.2. The Morgan fingerprint density at radius 2 is 1.62 bits per heavy atom. The first kappa shape index (κ1) is 23.5. The van der Waals surface area contributed by atoms with E-state index >= 15 is 0 Å². The molecule has 1 saturated heterocycles. The second kappa shape index (κ2) is 9.67. The van der Waals surface area contributed by atoms with Crippen molar-refractivity contribution in [1.82, 2.24) is 9.47 Å². The zero-order chi connectivity index (χ0) is 24.4. The summed E-state index contributed by atoms with van der Waals surface area (Å²) in [5.74, 6) is -1.31. The van der Waals surface area contributed by atoms with Gasteiger partial charge in [0.05, 0.1) is 18.8 Å². The van der Waals surface area contributed by atoms with Crippen LogP contribution in [0.5, 0.6) is 0 Å². The molecular formula is C26H24ClN3O4.